The average molecular weight is 285 g/mol. The second kappa shape index (κ2) is 5.40. The van der Waals surface area contributed by atoms with E-state index in [1.807, 2.05) is 4.57 Å². The predicted octanol–water partition coefficient (Wildman–Crippen LogP) is 4.15. The summed E-state index contributed by atoms with van der Waals surface area (Å²) in [6, 6.07) is 4.56. The molecule has 106 valence electrons. The summed E-state index contributed by atoms with van der Waals surface area (Å²) >= 11 is 0. The summed E-state index contributed by atoms with van der Waals surface area (Å²) in [5, 5.41) is 4.35. The Balaban J connectivity index is 2.07. The van der Waals surface area contributed by atoms with Gasteiger partial charge in [0.15, 0.2) is 0 Å². The molecule has 0 unspecified atom stereocenters. The summed E-state index contributed by atoms with van der Waals surface area (Å²) in [5.41, 5.74) is 9.74. The van der Waals surface area contributed by atoms with Crippen LogP contribution in [0.5, 0.6) is 0 Å². The van der Waals surface area contributed by atoms with Crippen molar-refractivity contribution in [3.8, 4) is 0 Å². The summed E-state index contributed by atoms with van der Waals surface area (Å²) in [5.74, 6) is -0.374. The lowest BCUT2D eigenvalue weighted by atomic mass is 10.2. The maximum absolute atomic E-state index is 13.4. The number of azide groups is 1. The zero-order chi connectivity index (χ0) is 14.8. The summed E-state index contributed by atoms with van der Waals surface area (Å²) in [7, 11) is 0. The zero-order valence-corrected chi connectivity index (χ0v) is 11.1. The van der Waals surface area contributed by atoms with E-state index in [0.717, 1.165) is 24.8 Å². The van der Waals surface area contributed by atoms with Gasteiger partial charge in [0.05, 0.1) is 5.52 Å². The molecular formula is C14H12FN5O. The first-order valence-corrected chi connectivity index (χ1v) is 6.65. The summed E-state index contributed by atoms with van der Waals surface area (Å²) in [6.07, 6.45) is 5.66. The quantitative estimate of drug-likeness (QED) is 0.274. The van der Waals surface area contributed by atoms with Crippen LogP contribution in [0.3, 0.4) is 0 Å². The van der Waals surface area contributed by atoms with Gasteiger partial charge in [-0.3, -0.25) is 0 Å². The monoisotopic (exact) mass is 285 g/mol. The van der Waals surface area contributed by atoms with Gasteiger partial charge in [0, 0.05) is 28.6 Å². The minimum atomic E-state index is -0.374. The third-order valence-corrected chi connectivity index (χ3v) is 3.93. The van der Waals surface area contributed by atoms with Gasteiger partial charge in [-0.1, -0.05) is 5.11 Å². The Morgan fingerprint density at radius 2 is 2.29 bits per heavy atom. The van der Waals surface area contributed by atoms with Crippen LogP contribution >= 0.6 is 0 Å². The van der Waals surface area contributed by atoms with E-state index in [-0.39, 0.29) is 17.9 Å². The Labute approximate surface area is 119 Å². The van der Waals surface area contributed by atoms with Crippen molar-refractivity contribution in [1.29, 1.82) is 0 Å². The molecule has 1 aromatic carbocycles. The first-order valence-electron chi connectivity index (χ1n) is 6.65. The van der Waals surface area contributed by atoms with Gasteiger partial charge in [0.25, 0.3) is 0 Å². The molecule has 7 heteroatoms. The van der Waals surface area contributed by atoms with Crippen LogP contribution in [0.2, 0.25) is 0 Å². The van der Waals surface area contributed by atoms with Crippen LogP contribution in [0.25, 0.3) is 21.3 Å². The van der Waals surface area contributed by atoms with E-state index in [2.05, 4.69) is 15.0 Å². The Bertz CT molecular complexity index is 786. The second-order valence-electron chi connectivity index (χ2n) is 5.11. The molecule has 0 spiro atoms. The Hall–Kier alpha value is -2.62. The van der Waals surface area contributed by atoms with E-state index >= 15 is 0 Å². The topological polar surface area (TPSA) is 83.1 Å². The van der Waals surface area contributed by atoms with Crippen LogP contribution in [0.4, 0.5) is 10.1 Å². The van der Waals surface area contributed by atoms with Crippen molar-refractivity contribution in [3.05, 3.63) is 40.7 Å². The highest BCUT2D eigenvalue weighted by atomic mass is 19.1. The number of hydrogen-bond acceptors (Lipinski definition) is 3. The highest BCUT2D eigenvalue weighted by Crippen LogP contribution is 2.38. The molecule has 1 aromatic heterocycles. The van der Waals surface area contributed by atoms with Crippen molar-refractivity contribution in [3.63, 3.8) is 0 Å². The molecule has 0 saturated heterocycles. The number of aromatic nitrogens is 1. The fraction of sp³-hybridized carbons (Fsp3) is 0.357. The number of rotatable bonds is 3. The maximum atomic E-state index is 13.4. The largest absolute Gasteiger partial charge is 0.342 e. The molecule has 6 nitrogen and oxygen atoms in total. The minimum absolute atomic E-state index is 0.0177. The van der Waals surface area contributed by atoms with E-state index < -0.39 is 0 Å². The number of hydrogen-bond donors (Lipinski definition) is 0. The zero-order valence-electron chi connectivity index (χ0n) is 11.1. The molecule has 1 heterocycles. The van der Waals surface area contributed by atoms with Crippen LogP contribution < -0.4 is 0 Å². The first kappa shape index (κ1) is 13.4. The lowest BCUT2D eigenvalue weighted by Crippen LogP contribution is -2.04. The molecule has 0 bridgehead atoms. The SMILES string of the molecule is [N-]=[N+]=N[C@H]1CC[C@H](n2cc(N=C=O)c3cc(F)ccc32)C1. The van der Waals surface area contributed by atoms with Crippen LogP contribution in [0.15, 0.2) is 34.5 Å². The molecule has 0 N–H and O–H groups in total. The fourth-order valence-corrected chi connectivity index (χ4v) is 3.01. The lowest BCUT2D eigenvalue weighted by molar-refractivity contribution is 0.525. The first-order chi connectivity index (χ1) is 10.2. The van der Waals surface area contributed by atoms with Crippen LogP contribution in [-0.2, 0) is 4.79 Å². The van der Waals surface area contributed by atoms with Gasteiger partial charge in [-0.2, -0.15) is 4.99 Å². The Morgan fingerprint density at radius 3 is 3.05 bits per heavy atom. The highest BCUT2D eigenvalue weighted by molar-refractivity contribution is 5.92. The van der Waals surface area contributed by atoms with Crippen molar-refractivity contribution < 1.29 is 9.18 Å². The smallest absolute Gasteiger partial charge is 0.240 e. The van der Waals surface area contributed by atoms with Gasteiger partial charge in [-0.15, -0.1) is 0 Å². The normalized spacial score (nSPS) is 21.0. The van der Waals surface area contributed by atoms with E-state index in [1.54, 1.807) is 12.3 Å². The number of carbonyl (C=O) groups excluding carboxylic acids is 1. The molecule has 21 heavy (non-hydrogen) atoms. The van der Waals surface area contributed by atoms with Crippen LogP contribution in [0, 0.1) is 5.82 Å². The van der Waals surface area contributed by atoms with Crippen molar-refractivity contribution >= 4 is 22.7 Å². The molecule has 1 aliphatic carbocycles. The maximum Gasteiger partial charge on any atom is 0.240 e. The number of benzene rings is 1. The molecule has 0 amide bonds. The average Bonchev–Trinajstić information content (AvgIpc) is 3.05. The van der Waals surface area contributed by atoms with Crippen LogP contribution in [-0.4, -0.2) is 16.7 Å². The van der Waals surface area contributed by atoms with Gasteiger partial charge in [0.1, 0.15) is 11.5 Å². The number of isocyanates is 1. The lowest BCUT2D eigenvalue weighted by Gasteiger charge is -2.13. The van der Waals surface area contributed by atoms with E-state index in [9.17, 15) is 9.18 Å². The summed E-state index contributed by atoms with van der Waals surface area (Å²) in [6.45, 7) is 0. The van der Waals surface area contributed by atoms with Crippen molar-refractivity contribution in [2.75, 3.05) is 0 Å². The predicted molar refractivity (Wildman–Crippen MR) is 75.5 cm³/mol. The van der Waals surface area contributed by atoms with Crippen molar-refractivity contribution in [1.82, 2.24) is 4.57 Å². The molecule has 1 fully saturated rings. The third kappa shape index (κ3) is 2.40. The molecule has 3 rings (SSSR count). The number of halogens is 1. The van der Waals surface area contributed by atoms with Crippen molar-refractivity contribution in [2.45, 2.75) is 31.3 Å². The number of aliphatic imine (C=N–C) groups is 1. The highest BCUT2D eigenvalue weighted by Gasteiger charge is 2.26. The molecule has 2 atom stereocenters. The van der Waals surface area contributed by atoms with Gasteiger partial charge < -0.3 is 4.57 Å². The van der Waals surface area contributed by atoms with Gasteiger partial charge >= 0.3 is 0 Å². The third-order valence-electron chi connectivity index (χ3n) is 3.93. The van der Waals surface area contributed by atoms with E-state index in [1.165, 1.54) is 18.2 Å². The molecule has 0 radical (unpaired) electrons. The second-order valence-corrected chi connectivity index (χ2v) is 5.11. The Kier molecular flexibility index (Phi) is 3.44. The molecule has 0 aliphatic heterocycles. The summed E-state index contributed by atoms with van der Waals surface area (Å²) in [4.78, 5) is 17.0. The van der Waals surface area contributed by atoms with Gasteiger partial charge in [-0.25, -0.2) is 9.18 Å². The minimum Gasteiger partial charge on any atom is -0.342 e. The number of nitrogens with zero attached hydrogens (tertiary/aromatic N) is 5. The molecule has 2 aromatic rings. The molecule has 1 aliphatic rings. The fourth-order valence-electron chi connectivity index (χ4n) is 3.01. The number of fused-ring (bicyclic) bond motifs is 1. The Morgan fingerprint density at radius 1 is 1.43 bits per heavy atom. The van der Waals surface area contributed by atoms with Gasteiger partial charge in [0.2, 0.25) is 6.08 Å². The molecule has 1 saturated carbocycles. The molecular weight excluding hydrogens is 273 g/mol. The van der Waals surface area contributed by atoms with Gasteiger partial charge in [-0.05, 0) is 43.0 Å². The van der Waals surface area contributed by atoms with Crippen molar-refractivity contribution in [2.24, 2.45) is 10.1 Å². The standard InChI is InChI=1S/C14H12FN5O/c15-9-1-4-14-12(5-9)13(17-8-21)7-20(14)11-3-2-10(6-11)18-19-16/h1,4-5,7,10-11H,2-3,6H2/t10-,11-/m0/s1. The van der Waals surface area contributed by atoms with E-state index in [4.69, 9.17) is 5.53 Å². The van der Waals surface area contributed by atoms with Crippen LogP contribution in [0.1, 0.15) is 25.3 Å². The van der Waals surface area contributed by atoms with E-state index in [0.29, 0.717) is 11.1 Å². The summed E-state index contributed by atoms with van der Waals surface area (Å²) < 4.78 is 15.4.